The summed E-state index contributed by atoms with van der Waals surface area (Å²) in [5.74, 6) is 1.27. The number of imidazole rings is 2. The number of esters is 2. The first-order chi connectivity index (χ1) is 27.5. The van der Waals surface area contributed by atoms with Crippen molar-refractivity contribution in [2.45, 2.75) is 102 Å². The Morgan fingerprint density at radius 3 is 1.79 bits per heavy atom. The summed E-state index contributed by atoms with van der Waals surface area (Å²) in [4.78, 5) is 83.3. The molecule has 2 aliphatic heterocycles. The zero-order valence-corrected chi connectivity index (χ0v) is 33.8. The molecule has 0 spiro atoms. The summed E-state index contributed by atoms with van der Waals surface area (Å²) >= 11 is 5.97. The van der Waals surface area contributed by atoms with Crippen LogP contribution in [0.1, 0.15) is 99.0 Å². The molecule has 6 heterocycles. The molecule has 2 saturated carbocycles. The van der Waals surface area contributed by atoms with Crippen molar-refractivity contribution in [2.75, 3.05) is 47.9 Å². The Hall–Kier alpha value is -5.65. The fourth-order valence-electron chi connectivity index (χ4n) is 7.98. The van der Waals surface area contributed by atoms with Crippen LogP contribution in [-0.2, 0) is 19.1 Å². The van der Waals surface area contributed by atoms with Crippen LogP contribution in [0.5, 0.6) is 0 Å². The average Bonchev–Trinajstić information content (AvgIpc) is 4.09. The molecule has 2 fully saturated rings. The van der Waals surface area contributed by atoms with E-state index in [1.165, 1.54) is 58.8 Å². The zero-order valence-electron chi connectivity index (χ0n) is 33.1. The molecular weight excluding hydrogens is 756 g/mol. The monoisotopic (exact) mass is 804 g/mol. The van der Waals surface area contributed by atoms with E-state index in [-0.39, 0.29) is 34.9 Å². The number of H-pyrrole nitrogens is 1. The van der Waals surface area contributed by atoms with Crippen LogP contribution in [0, 0.1) is 0 Å². The van der Waals surface area contributed by atoms with E-state index in [1.54, 1.807) is 47.1 Å². The number of carbonyl (C=O) groups excluding carboxylic acids is 4. The molecule has 8 rings (SSSR count). The number of amides is 2. The summed E-state index contributed by atoms with van der Waals surface area (Å²) in [6.07, 6.45) is 19.8. The molecule has 4 aromatic heterocycles. The number of carbonyl (C=O) groups is 4. The van der Waals surface area contributed by atoms with Gasteiger partial charge in [-0.1, -0.05) is 39.5 Å². The van der Waals surface area contributed by atoms with Crippen LogP contribution in [0.4, 0.5) is 23.0 Å². The predicted octanol–water partition coefficient (Wildman–Crippen LogP) is 4.78. The van der Waals surface area contributed by atoms with Crippen LogP contribution in [-0.4, -0.2) is 116 Å². The number of methoxy groups -OCH3 is 2. The first kappa shape index (κ1) is 41.0. The lowest BCUT2D eigenvalue weighted by Crippen LogP contribution is -2.55. The maximum Gasteiger partial charge on any atom is 0.358 e. The minimum Gasteiger partial charge on any atom is -0.464 e. The Balaban J connectivity index is 0.000000164. The van der Waals surface area contributed by atoms with Gasteiger partial charge in [-0.15, -0.1) is 0 Å². The SMILES string of the molecule is CC[C@@H]1C(=O)N(C)c2cnc(-n3cnc(C(=O)OC)c3)nc2N1C1CCCC1.CC[C@@H]1C(=O)N(C)c2cnc(Cl)nc2N1C1CCCC1.COC(=O)c1cnc[nH]1. The van der Waals surface area contributed by atoms with E-state index < -0.39 is 11.9 Å². The van der Waals surface area contributed by atoms with Gasteiger partial charge in [0.25, 0.3) is 0 Å². The Morgan fingerprint density at radius 1 is 0.772 bits per heavy atom. The molecule has 18 nitrogen and oxygen atoms in total. The van der Waals surface area contributed by atoms with Gasteiger partial charge in [-0.25, -0.2) is 29.5 Å². The molecule has 1 N–H and O–H groups in total. The van der Waals surface area contributed by atoms with Crippen LogP contribution < -0.4 is 19.6 Å². The first-order valence-electron chi connectivity index (χ1n) is 19.2. The van der Waals surface area contributed by atoms with Gasteiger partial charge >= 0.3 is 11.9 Å². The lowest BCUT2D eigenvalue weighted by atomic mass is 10.0. The van der Waals surface area contributed by atoms with E-state index in [1.807, 2.05) is 13.8 Å². The van der Waals surface area contributed by atoms with Crippen molar-refractivity contribution >= 4 is 58.4 Å². The average molecular weight is 805 g/mol. The summed E-state index contributed by atoms with van der Waals surface area (Å²) in [5, 5.41) is 0.240. The Bertz CT molecular complexity index is 2050. The molecule has 4 aromatic rings. The first-order valence-corrected chi connectivity index (χ1v) is 19.6. The van der Waals surface area contributed by atoms with Crippen LogP contribution in [0.15, 0.2) is 37.4 Å². The Labute approximate surface area is 336 Å². The van der Waals surface area contributed by atoms with Gasteiger partial charge in [-0.2, -0.15) is 9.97 Å². The molecule has 2 atom stereocenters. The number of aromatic nitrogens is 8. The van der Waals surface area contributed by atoms with Crippen molar-refractivity contribution in [3.05, 3.63) is 54.1 Å². The number of halogens is 1. The van der Waals surface area contributed by atoms with E-state index >= 15 is 0 Å². The van der Waals surface area contributed by atoms with Gasteiger partial charge in [-0.3, -0.25) is 14.2 Å². The second-order valence-corrected chi connectivity index (χ2v) is 14.5. The molecule has 0 aromatic carbocycles. The van der Waals surface area contributed by atoms with Gasteiger partial charge in [0.1, 0.15) is 35.5 Å². The highest BCUT2D eigenvalue weighted by Crippen LogP contribution is 2.41. The summed E-state index contributed by atoms with van der Waals surface area (Å²) < 4.78 is 10.7. The maximum absolute atomic E-state index is 12.9. The minimum absolute atomic E-state index is 0.0776. The molecule has 4 aliphatic rings. The number of rotatable bonds is 7. The van der Waals surface area contributed by atoms with E-state index in [0.29, 0.717) is 29.4 Å². The molecule has 0 radical (unpaired) electrons. The van der Waals surface area contributed by atoms with E-state index in [2.05, 4.69) is 44.4 Å². The van der Waals surface area contributed by atoms with E-state index in [0.717, 1.165) is 55.8 Å². The van der Waals surface area contributed by atoms with Crippen molar-refractivity contribution < 1.29 is 28.7 Å². The number of hydrogen-bond donors (Lipinski definition) is 1. The van der Waals surface area contributed by atoms with Crippen molar-refractivity contribution in [1.29, 1.82) is 0 Å². The van der Waals surface area contributed by atoms with Crippen molar-refractivity contribution in [1.82, 2.24) is 39.5 Å². The number of likely N-dealkylation sites (N-methyl/N-ethyl adjacent to an activating group) is 2. The van der Waals surface area contributed by atoms with Crippen molar-refractivity contribution in [3.8, 4) is 5.95 Å². The molecule has 57 heavy (non-hydrogen) atoms. The number of nitrogens with zero attached hydrogens (tertiary/aromatic N) is 11. The third-order valence-corrected chi connectivity index (χ3v) is 11.1. The molecule has 304 valence electrons. The van der Waals surface area contributed by atoms with Crippen molar-refractivity contribution in [3.63, 3.8) is 0 Å². The molecule has 0 saturated heterocycles. The predicted molar refractivity (Wildman–Crippen MR) is 212 cm³/mol. The number of fused-ring (bicyclic) bond motifs is 2. The summed E-state index contributed by atoms with van der Waals surface area (Å²) in [6, 6.07) is 0.332. The second kappa shape index (κ2) is 18.1. The van der Waals surface area contributed by atoms with Crippen LogP contribution in [0.2, 0.25) is 5.28 Å². The number of anilines is 4. The van der Waals surface area contributed by atoms with E-state index in [9.17, 15) is 19.2 Å². The quantitative estimate of drug-likeness (QED) is 0.198. The minimum atomic E-state index is -0.513. The molecule has 0 bridgehead atoms. The molecular formula is C38H49ClN12O6. The Kier molecular flexibility index (Phi) is 13.0. The molecule has 0 unspecified atom stereocenters. The number of nitrogens with one attached hydrogen (secondary N) is 1. The van der Waals surface area contributed by atoms with Crippen molar-refractivity contribution in [2.24, 2.45) is 0 Å². The standard InChI is InChI=1S/C19H24N6O3.C14H19ClN4O.C5H6N2O2/c1-4-14-17(26)23(2)15-9-20-19(24-10-13(21-11-24)18(27)28-3)22-16(15)25(14)12-7-5-6-8-12;1-3-10-13(20)18(2)11-8-16-14(15)17-12(11)19(10)9-6-4-5-7-9;1-9-5(8)4-2-6-3-7-4/h9-12,14H,4-8H2,1-3H3;8-10H,3-7H2,1-2H3;2-3H,1H3,(H,6,7)/t14-;10-;/m11./s1. The number of ether oxygens (including phenoxy) is 2. The fraction of sp³-hybridized carbons (Fsp3) is 0.526. The summed E-state index contributed by atoms with van der Waals surface area (Å²) in [6.45, 7) is 4.08. The Morgan fingerprint density at radius 2 is 1.30 bits per heavy atom. The van der Waals surface area contributed by atoms with E-state index in [4.69, 9.17) is 21.3 Å². The molecule has 2 amide bonds. The third-order valence-electron chi connectivity index (χ3n) is 10.9. The van der Waals surface area contributed by atoms with Crippen LogP contribution in [0.3, 0.4) is 0 Å². The normalized spacial score (nSPS) is 19.4. The van der Waals surface area contributed by atoms with Gasteiger partial charge in [0.05, 0.1) is 39.1 Å². The van der Waals surface area contributed by atoms with Gasteiger partial charge in [0, 0.05) is 32.4 Å². The smallest absolute Gasteiger partial charge is 0.358 e. The molecule has 19 heteroatoms. The van der Waals surface area contributed by atoms with Gasteiger partial charge in [0.2, 0.25) is 23.0 Å². The highest BCUT2D eigenvalue weighted by molar-refractivity contribution is 6.28. The number of hydrogen-bond acceptors (Lipinski definition) is 14. The maximum atomic E-state index is 12.9. The van der Waals surface area contributed by atoms with Crippen LogP contribution in [0.25, 0.3) is 5.95 Å². The second-order valence-electron chi connectivity index (χ2n) is 14.2. The largest absolute Gasteiger partial charge is 0.464 e. The van der Waals surface area contributed by atoms with Gasteiger partial charge < -0.3 is 34.1 Å². The van der Waals surface area contributed by atoms with Gasteiger partial charge in [0.15, 0.2) is 17.3 Å². The van der Waals surface area contributed by atoms with Crippen LogP contribution >= 0.6 is 11.6 Å². The zero-order chi connectivity index (χ0) is 40.8. The third kappa shape index (κ3) is 8.40. The lowest BCUT2D eigenvalue weighted by Gasteiger charge is -2.43. The topological polar surface area (TPSA) is 198 Å². The lowest BCUT2D eigenvalue weighted by molar-refractivity contribution is -0.120. The molecule has 2 aliphatic carbocycles. The van der Waals surface area contributed by atoms with Gasteiger partial charge in [-0.05, 0) is 50.1 Å². The fourth-order valence-corrected chi connectivity index (χ4v) is 8.11. The summed E-state index contributed by atoms with van der Waals surface area (Å²) in [5.41, 5.74) is 2.03. The highest BCUT2D eigenvalue weighted by atomic mass is 35.5. The highest BCUT2D eigenvalue weighted by Gasteiger charge is 2.42. The summed E-state index contributed by atoms with van der Waals surface area (Å²) in [7, 11) is 6.19. The number of aromatic amines is 1.